The lowest BCUT2D eigenvalue weighted by Crippen LogP contribution is -2.29. The fraction of sp³-hybridized carbons (Fsp3) is 0.0303. The topological polar surface area (TPSA) is 3.24 Å². The first kappa shape index (κ1) is 33.9. The molecule has 0 unspecified atom stereocenters. The molecule has 11 aromatic carbocycles. The van der Waals surface area contributed by atoms with Crippen molar-refractivity contribution in [3.8, 4) is 33.4 Å². The summed E-state index contributed by atoms with van der Waals surface area (Å²) in [6, 6.07) is 85.9. The summed E-state index contributed by atoms with van der Waals surface area (Å²) in [7, 11) is 0. The molecule has 11 aromatic rings. The van der Waals surface area contributed by atoms with E-state index in [1.54, 1.807) is 0 Å². The number of rotatable bonds is 8. The highest BCUT2D eigenvalue weighted by Gasteiger charge is 2.48. The second kappa shape index (κ2) is 15.6. The molecule has 0 radical (unpaired) electrons. The van der Waals surface area contributed by atoms with Gasteiger partial charge in [0.1, 0.15) is 0 Å². The zero-order valence-electron chi connectivity index (χ0n) is 41.5. The van der Waals surface area contributed by atoms with Crippen molar-refractivity contribution < 1.29 is 6.85 Å². The highest BCUT2D eigenvalue weighted by Crippen LogP contribution is 2.59. The first-order chi connectivity index (χ1) is 35.3. The van der Waals surface area contributed by atoms with Crippen LogP contribution < -0.4 is 4.90 Å². The molecule has 2 aliphatic carbocycles. The van der Waals surface area contributed by atoms with Gasteiger partial charge in [0, 0.05) is 17.1 Å². The minimum atomic E-state index is -0.616. The SMILES string of the molecule is [2H]c1c([2H])c([2H])c(-c2ccc3cc(N(c4ccc5c(c4)C(c4ccccc4)(c4ccccc4)c4ccccc4-5)c4ccc5c(c4)C(c4ccccc4)(c4ccccc4)c4ccccc4-5)ccc3c2)c([2H])c1[2H]. The monoisotopic (exact) mass is 856 g/mol. The average Bonchev–Trinajstić information content (AvgIpc) is 3.91. The van der Waals surface area contributed by atoms with E-state index in [4.69, 9.17) is 6.85 Å². The van der Waals surface area contributed by atoms with E-state index in [2.05, 4.69) is 229 Å². The smallest absolute Gasteiger partial charge is 0.0714 e. The highest BCUT2D eigenvalue weighted by atomic mass is 15.1. The second-order valence-electron chi connectivity index (χ2n) is 17.6. The Balaban J connectivity index is 1.07. The zero-order chi connectivity index (χ0) is 48.7. The van der Waals surface area contributed by atoms with Gasteiger partial charge >= 0.3 is 0 Å². The molecule has 0 bridgehead atoms. The molecule has 0 N–H and O–H groups in total. The van der Waals surface area contributed by atoms with E-state index in [-0.39, 0.29) is 29.7 Å². The van der Waals surface area contributed by atoms with Crippen molar-refractivity contribution in [1.82, 2.24) is 0 Å². The minimum Gasteiger partial charge on any atom is -0.310 e. The minimum absolute atomic E-state index is 0.188. The van der Waals surface area contributed by atoms with Crippen LogP contribution in [0.1, 0.15) is 51.4 Å². The number of hydrogen-bond acceptors (Lipinski definition) is 1. The van der Waals surface area contributed by atoms with Crippen LogP contribution in [-0.2, 0) is 10.8 Å². The third kappa shape index (κ3) is 5.88. The predicted molar refractivity (Wildman–Crippen MR) is 279 cm³/mol. The number of hydrogen-bond donors (Lipinski definition) is 0. The fourth-order valence-electron chi connectivity index (χ4n) is 11.5. The lowest BCUT2D eigenvalue weighted by Gasteiger charge is -2.36. The van der Waals surface area contributed by atoms with Gasteiger partial charge in [-0.15, -0.1) is 0 Å². The molecule has 0 aromatic heterocycles. The van der Waals surface area contributed by atoms with Crippen LogP contribution in [0.2, 0.25) is 0 Å². The molecule has 13 rings (SSSR count). The number of nitrogens with zero attached hydrogens (tertiary/aromatic N) is 1. The van der Waals surface area contributed by atoms with Crippen LogP contribution >= 0.6 is 0 Å². The Morgan fingerprint density at radius 3 is 1.13 bits per heavy atom. The maximum atomic E-state index is 8.75. The average molecular weight is 857 g/mol. The van der Waals surface area contributed by atoms with Crippen molar-refractivity contribution in [2.24, 2.45) is 0 Å². The summed E-state index contributed by atoms with van der Waals surface area (Å²) in [5, 5.41) is 1.83. The van der Waals surface area contributed by atoms with E-state index < -0.39 is 16.9 Å². The fourth-order valence-corrected chi connectivity index (χ4v) is 11.5. The van der Waals surface area contributed by atoms with Crippen molar-refractivity contribution in [2.45, 2.75) is 10.8 Å². The third-order valence-electron chi connectivity index (χ3n) is 14.3. The molecule has 0 aliphatic heterocycles. The van der Waals surface area contributed by atoms with Crippen LogP contribution in [0.15, 0.2) is 273 Å². The van der Waals surface area contributed by atoms with Crippen LogP contribution in [0.4, 0.5) is 17.1 Å². The summed E-state index contributed by atoms with van der Waals surface area (Å²) in [5.41, 5.74) is 16.9. The predicted octanol–water partition coefficient (Wildman–Crippen LogP) is 16.7. The van der Waals surface area contributed by atoms with Crippen LogP contribution in [0.3, 0.4) is 0 Å². The van der Waals surface area contributed by atoms with Crippen LogP contribution in [0.5, 0.6) is 0 Å². The molecular formula is C66H45N. The Kier molecular flexibility index (Phi) is 7.89. The molecular weight excluding hydrogens is 807 g/mol. The molecule has 67 heavy (non-hydrogen) atoms. The van der Waals surface area contributed by atoms with Gasteiger partial charge < -0.3 is 4.90 Å². The second-order valence-corrected chi connectivity index (χ2v) is 17.6. The van der Waals surface area contributed by atoms with Gasteiger partial charge in [-0.1, -0.05) is 230 Å². The first-order valence-corrected chi connectivity index (χ1v) is 22.9. The summed E-state index contributed by atoms with van der Waals surface area (Å²) in [6.45, 7) is 0. The van der Waals surface area contributed by atoms with E-state index in [9.17, 15) is 0 Å². The number of fused-ring (bicyclic) bond motifs is 7. The summed E-state index contributed by atoms with van der Waals surface area (Å²) in [4.78, 5) is 2.39. The lowest BCUT2D eigenvalue weighted by atomic mass is 9.67. The molecule has 0 amide bonds. The summed E-state index contributed by atoms with van der Waals surface area (Å²) in [6.07, 6.45) is 0. The lowest BCUT2D eigenvalue weighted by molar-refractivity contribution is 0.767. The summed E-state index contributed by atoms with van der Waals surface area (Å²) in [5.74, 6) is 0. The standard InChI is InChI=1S/C66H45N/c1-6-20-46(21-7-1)47-34-35-49-43-54(37-36-48(49)42-47)67(55-38-40-59-57-30-16-18-32-61(57)65(63(59)44-55,50-22-8-2-9-23-50)51-24-10-3-11-25-51)56-39-41-60-58-31-17-19-33-62(58)66(64(60)45-56,52-26-12-4-13-27-52)53-28-14-5-15-29-53/h1-45H/i1D,6D,7D,20D,21D. The van der Waals surface area contributed by atoms with E-state index in [0.717, 1.165) is 27.8 Å². The van der Waals surface area contributed by atoms with Crippen molar-refractivity contribution in [3.63, 3.8) is 0 Å². The van der Waals surface area contributed by atoms with Gasteiger partial charge in [0.15, 0.2) is 0 Å². The molecule has 0 heterocycles. The Bertz CT molecular complexity index is 3640. The van der Waals surface area contributed by atoms with E-state index >= 15 is 0 Å². The Labute approximate surface area is 399 Å². The first-order valence-electron chi connectivity index (χ1n) is 25.4. The van der Waals surface area contributed by atoms with Gasteiger partial charge in [0.2, 0.25) is 0 Å². The molecule has 0 spiro atoms. The molecule has 314 valence electrons. The highest BCUT2D eigenvalue weighted by molar-refractivity contribution is 5.95. The Hall–Kier alpha value is -8.52. The quantitative estimate of drug-likeness (QED) is 0.147. The van der Waals surface area contributed by atoms with Gasteiger partial charge in [-0.05, 0) is 131 Å². The Morgan fingerprint density at radius 2 is 0.657 bits per heavy atom. The van der Waals surface area contributed by atoms with Crippen molar-refractivity contribution >= 4 is 27.8 Å². The van der Waals surface area contributed by atoms with Gasteiger partial charge in [-0.25, -0.2) is 0 Å². The molecule has 0 atom stereocenters. The van der Waals surface area contributed by atoms with Crippen LogP contribution in [-0.4, -0.2) is 0 Å². The van der Waals surface area contributed by atoms with Crippen molar-refractivity contribution in [2.75, 3.05) is 4.90 Å². The van der Waals surface area contributed by atoms with Gasteiger partial charge in [-0.3, -0.25) is 0 Å². The van der Waals surface area contributed by atoms with Gasteiger partial charge in [0.05, 0.1) is 17.7 Å². The molecule has 0 saturated carbocycles. The number of benzene rings is 11. The zero-order valence-corrected chi connectivity index (χ0v) is 36.5. The van der Waals surface area contributed by atoms with Crippen molar-refractivity contribution in [1.29, 1.82) is 0 Å². The van der Waals surface area contributed by atoms with Crippen molar-refractivity contribution in [3.05, 3.63) is 317 Å². The number of anilines is 3. The van der Waals surface area contributed by atoms with Crippen LogP contribution in [0, 0.1) is 0 Å². The van der Waals surface area contributed by atoms with Gasteiger partial charge in [0.25, 0.3) is 0 Å². The maximum absolute atomic E-state index is 8.75. The largest absolute Gasteiger partial charge is 0.310 e. The Morgan fingerprint density at radius 1 is 0.284 bits per heavy atom. The maximum Gasteiger partial charge on any atom is 0.0714 e. The van der Waals surface area contributed by atoms with E-state index in [0.29, 0.717) is 5.56 Å². The molecule has 1 nitrogen and oxygen atoms in total. The molecule has 2 aliphatic rings. The van der Waals surface area contributed by atoms with Crippen LogP contribution in [0.25, 0.3) is 44.2 Å². The van der Waals surface area contributed by atoms with E-state index in [1.807, 2.05) is 18.2 Å². The molecule has 0 saturated heterocycles. The van der Waals surface area contributed by atoms with Gasteiger partial charge in [-0.2, -0.15) is 0 Å². The molecule has 0 fully saturated rings. The third-order valence-corrected chi connectivity index (χ3v) is 14.3. The summed E-state index contributed by atoms with van der Waals surface area (Å²) < 4.78 is 42.5. The normalized spacial score (nSPS) is 14.7. The molecule has 1 heteroatoms. The van der Waals surface area contributed by atoms with E-state index in [1.165, 1.54) is 66.8 Å². The summed E-state index contributed by atoms with van der Waals surface area (Å²) >= 11 is 0.